The van der Waals surface area contributed by atoms with Gasteiger partial charge in [-0.3, -0.25) is 0 Å². The summed E-state index contributed by atoms with van der Waals surface area (Å²) in [5.41, 5.74) is 6.06. The van der Waals surface area contributed by atoms with Crippen molar-refractivity contribution in [3.8, 4) is 11.5 Å². The van der Waals surface area contributed by atoms with E-state index in [-0.39, 0.29) is 0 Å². The molecule has 3 rings (SSSR count). The lowest BCUT2D eigenvalue weighted by Crippen LogP contribution is -2.21. The molecule has 1 heterocycles. The van der Waals surface area contributed by atoms with Crippen LogP contribution in [0.5, 0.6) is 11.5 Å². The van der Waals surface area contributed by atoms with Crippen LogP contribution >= 0.6 is 0 Å². The summed E-state index contributed by atoms with van der Waals surface area (Å²) in [6, 6.07) is 10.4. The summed E-state index contributed by atoms with van der Waals surface area (Å²) in [6.07, 6.45) is 2.16. The van der Waals surface area contributed by atoms with Crippen molar-refractivity contribution in [2.75, 3.05) is 58.6 Å². The maximum atomic E-state index is 6.02. The highest BCUT2D eigenvalue weighted by molar-refractivity contribution is 5.85. The van der Waals surface area contributed by atoms with Gasteiger partial charge in [-0.2, -0.15) is 0 Å². The number of rotatable bonds is 10. The summed E-state index contributed by atoms with van der Waals surface area (Å²) >= 11 is 0. The zero-order chi connectivity index (χ0) is 21.5. The van der Waals surface area contributed by atoms with Crippen LogP contribution < -0.4 is 14.4 Å². The van der Waals surface area contributed by atoms with E-state index < -0.39 is 0 Å². The summed E-state index contributed by atoms with van der Waals surface area (Å²) < 4.78 is 24.7. The molecule has 0 atom stereocenters. The Kier molecular flexibility index (Phi) is 7.71. The molecule has 1 aliphatic heterocycles. The van der Waals surface area contributed by atoms with Crippen molar-refractivity contribution in [2.24, 2.45) is 0 Å². The minimum Gasteiger partial charge on any atom is -0.487 e. The lowest BCUT2D eigenvalue weighted by molar-refractivity contribution is -0.425. The van der Waals surface area contributed by atoms with Gasteiger partial charge in [0.25, 0.3) is 0 Å². The van der Waals surface area contributed by atoms with Crippen molar-refractivity contribution in [3.05, 3.63) is 47.0 Å². The number of nitrogens with zero attached hydrogens (tertiary/aromatic N) is 2. The molecule has 0 saturated carbocycles. The van der Waals surface area contributed by atoms with E-state index in [0.29, 0.717) is 26.4 Å². The number of hydrogen-bond acceptors (Lipinski definition) is 5. The molecule has 0 aliphatic carbocycles. The molecule has 0 N–H and O–H groups in total. The van der Waals surface area contributed by atoms with Gasteiger partial charge in [-0.15, -0.1) is 0 Å². The van der Waals surface area contributed by atoms with Gasteiger partial charge in [0, 0.05) is 14.2 Å². The first-order chi connectivity index (χ1) is 14.5. The highest BCUT2D eigenvalue weighted by Gasteiger charge is 2.30. The molecule has 0 saturated heterocycles. The molecule has 0 fully saturated rings. The van der Waals surface area contributed by atoms with Crippen LogP contribution in [0.25, 0.3) is 0 Å². The monoisotopic (exact) mass is 413 g/mol. The SMILES string of the molecule is COCCOc1cccc(OCCOC)c1N1C=[N+](c2c(C)cc(C)cc2C)CC1. The third-order valence-corrected chi connectivity index (χ3v) is 5.12. The maximum absolute atomic E-state index is 6.02. The Morgan fingerprint density at radius 2 is 1.43 bits per heavy atom. The Bertz CT molecular complexity index is 844. The van der Waals surface area contributed by atoms with Crippen LogP contribution in [0.1, 0.15) is 16.7 Å². The molecule has 2 aromatic carbocycles. The van der Waals surface area contributed by atoms with Crippen LogP contribution in [0.4, 0.5) is 11.4 Å². The van der Waals surface area contributed by atoms with Crippen molar-refractivity contribution in [1.82, 2.24) is 0 Å². The van der Waals surface area contributed by atoms with Gasteiger partial charge in [-0.1, -0.05) is 23.8 Å². The molecule has 30 heavy (non-hydrogen) atoms. The molecular weight excluding hydrogens is 380 g/mol. The fourth-order valence-corrected chi connectivity index (χ4v) is 3.95. The van der Waals surface area contributed by atoms with Gasteiger partial charge in [0.05, 0.1) is 13.2 Å². The van der Waals surface area contributed by atoms with Crippen molar-refractivity contribution in [2.45, 2.75) is 20.8 Å². The topological polar surface area (TPSA) is 43.2 Å². The average Bonchev–Trinajstić information content (AvgIpc) is 3.17. The summed E-state index contributed by atoms with van der Waals surface area (Å²) in [5.74, 6) is 1.58. The van der Waals surface area contributed by atoms with Crippen molar-refractivity contribution < 1.29 is 23.5 Å². The van der Waals surface area contributed by atoms with Crippen LogP contribution in [0, 0.1) is 20.8 Å². The number of aryl methyl sites for hydroxylation is 3. The number of para-hydroxylation sites is 1. The normalized spacial score (nSPS) is 13.5. The number of ether oxygens (including phenoxy) is 4. The standard InChI is InChI=1S/C24H33N2O4/c1-18-15-19(2)23(20(3)16-18)25-9-10-26(17-25)24-21(29-13-11-27-4)7-6-8-22(24)30-14-12-28-5/h6-8,15-17H,9-14H2,1-5H3/q+1. The van der Waals surface area contributed by atoms with Crippen molar-refractivity contribution in [3.63, 3.8) is 0 Å². The molecule has 6 heteroatoms. The first-order valence-electron chi connectivity index (χ1n) is 10.4. The van der Waals surface area contributed by atoms with E-state index >= 15 is 0 Å². The lowest BCUT2D eigenvalue weighted by Gasteiger charge is -2.17. The van der Waals surface area contributed by atoms with E-state index in [1.807, 2.05) is 18.2 Å². The molecular formula is C24H33N2O4+. The second kappa shape index (κ2) is 10.5. The van der Waals surface area contributed by atoms with Gasteiger partial charge in [-0.25, -0.2) is 9.48 Å². The zero-order valence-corrected chi connectivity index (χ0v) is 18.7. The van der Waals surface area contributed by atoms with E-state index in [2.05, 4.69) is 48.7 Å². The molecule has 1 aliphatic rings. The third-order valence-electron chi connectivity index (χ3n) is 5.12. The predicted octanol–water partition coefficient (Wildman–Crippen LogP) is 3.85. The number of methoxy groups -OCH3 is 2. The van der Waals surface area contributed by atoms with Gasteiger partial charge in [-0.05, 0) is 44.0 Å². The van der Waals surface area contributed by atoms with Crippen LogP contribution in [0.2, 0.25) is 0 Å². The molecule has 0 radical (unpaired) electrons. The summed E-state index contributed by atoms with van der Waals surface area (Å²) in [5, 5.41) is 0. The molecule has 0 unspecified atom stereocenters. The predicted molar refractivity (Wildman–Crippen MR) is 120 cm³/mol. The Morgan fingerprint density at radius 1 is 0.867 bits per heavy atom. The second-order valence-corrected chi connectivity index (χ2v) is 7.53. The van der Waals surface area contributed by atoms with Crippen molar-refractivity contribution >= 4 is 17.7 Å². The Balaban J connectivity index is 1.95. The summed E-state index contributed by atoms with van der Waals surface area (Å²) in [6.45, 7) is 10.3. The van der Waals surface area contributed by atoms with Crippen LogP contribution in [-0.2, 0) is 9.47 Å². The van der Waals surface area contributed by atoms with E-state index in [1.165, 1.54) is 22.4 Å². The molecule has 0 aromatic heterocycles. The molecule has 162 valence electrons. The van der Waals surface area contributed by atoms with E-state index in [0.717, 1.165) is 30.3 Å². The molecule has 0 bridgehead atoms. The Hall–Kier alpha value is -2.57. The minimum absolute atomic E-state index is 0.485. The average molecular weight is 414 g/mol. The molecule has 6 nitrogen and oxygen atoms in total. The van der Waals surface area contributed by atoms with Crippen LogP contribution in [0.3, 0.4) is 0 Å². The fourth-order valence-electron chi connectivity index (χ4n) is 3.95. The second-order valence-electron chi connectivity index (χ2n) is 7.53. The van der Waals surface area contributed by atoms with Crippen molar-refractivity contribution in [1.29, 1.82) is 0 Å². The van der Waals surface area contributed by atoms with Gasteiger partial charge in [0.2, 0.25) is 12.0 Å². The summed E-state index contributed by atoms with van der Waals surface area (Å²) in [7, 11) is 3.35. The highest BCUT2D eigenvalue weighted by Crippen LogP contribution is 2.39. The summed E-state index contributed by atoms with van der Waals surface area (Å²) in [4.78, 5) is 2.21. The number of benzene rings is 2. The van der Waals surface area contributed by atoms with Crippen LogP contribution in [0.15, 0.2) is 30.3 Å². The maximum Gasteiger partial charge on any atom is 0.245 e. The minimum atomic E-state index is 0.485. The third kappa shape index (κ3) is 5.12. The first-order valence-corrected chi connectivity index (χ1v) is 10.4. The Labute approximate surface area is 179 Å². The first kappa shape index (κ1) is 22.1. The number of hydrogen-bond donors (Lipinski definition) is 0. The molecule has 0 spiro atoms. The molecule has 2 aromatic rings. The smallest absolute Gasteiger partial charge is 0.245 e. The van der Waals surface area contributed by atoms with E-state index in [1.54, 1.807) is 14.2 Å². The van der Waals surface area contributed by atoms with Crippen LogP contribution in [-0.4, -0.2) is 64.7 Å². The quantitative estimate of drug-likeness (QED) is 0.437. The van der Waals surface area contributed by atoms with Gasteiger partial charge in [0.1, 0.15) is 32.0 Å². The largest absolute Gasteiger partial charge is 0.487 e. The van der Waals surface area contributed by atoms with Gasteiger partial charge >= 0.3 is 0 Å². The van der Waals surface area contributed by atoms with E-state index in [9.17, 15) is 0 Å². The highest BCUT2D eigenvalue weighted by atomic mass is 16.5. The zero-order valence-electron chi connectivity index (χ0n) is 18.7. The Morgan fingerprint density at radius 3 is 1.97 bits per heavy atom. The fraction of sp³-hybridized carbons (Fsp3) is 0.458. The number of anilines is 1. The lowest BCUT2D eigenvalue weighted by atomic mass is 10.0. The van der Waals surface area contributed by atoms with Gasteiger partial charge in [0.15, 0.2) is 11.5 Å². The van der Waals surface area contributed by atoms with E-state index in [4.69, 9.17) is 18.9 Å². The van der Waals surface area contributed by atoms with Gasteiger partial charge < -0.3 is 18.9 Å². The molecule has 0 amide bonds.